The van der Waals surface area contributed by atoms with Gasteiger partial charge in [-0.2, -0.15) is 0 Å². The van der Waals surface area contributed by atoms with Crippen LogP contribution in [0.25, 0.3) is 0 Å². The maximum Gasteiger partial charge on any atom is 0.311 e. The van der Waals surface area contributed by atoms with Gasteiger partial charge in [0.15, 0.2) is 0 Å². The lowest BCUT2D eigenvalue weighted by Gasteiger charge is -2.15. The molecule has 0 bridgehead atoms. The standard InChI is InChI=1S/C15H15Cl2IO2/c1-14(2)11(7-12(16)17)15(14,13(19)20)8-9-4-3-5-10(18)6-9/h3-7,11H,8H2,1-2H3,(H,19,20)/t11-,15-/m0/s1. The lowest BCUT2D eigenvalue weighted by molar-refractivity contribution is -0.145. The van der Waals surface area contributed by atoms with Gasteiger partial charge in [-0.1, -0.05) is 49.2 Å². The molecule has 0 unspecified atom stereocenters. The largest absolute Gasteiger partial charge is 0.481 e. The van der Waals surface area contributed by atoms with Gasteiger partial charge in [-0.25, -0.2) is 0 Å². The van der Waals surface area contributed by atoms with E-state index in [9.17, 15) is 9.90 Å². The molecule has 2 nitrogen and oxygen atoms in total. The van der Waals surface area contributed by atoms with E-state index in [1.807, 2.05) is 38.1 Å². The molecular weight excluding hydrogens is 410 g/mol. The highest BCUT2D eigenvalue weighted by Gasteiger charge is 2.74. The van der Waals surface area contributed by atoms with Gasteiger partial charge in [-0.05, 0) is 58.2 Å². The van der Waals surface area contributed by atoms with Crippen LogP contribution >= 0.6 is 45.8 Å². The van der Waals surface area contributed by atoms with Crippen molar-refractivity contribution in [3.63, 3.8) is 0 Å². The molecule has 1 aliphatic carbocycles. The molecule has 1 N–H and O–H groups in total. The van der Waals surface area contributed by atoms with Crippen molar-refractivity contribution in [3.05, 3.63) is 44.0 Å². The van der Waals surface area contributed by atoms with E-state index in [2.05, 4.69) is 22.6 Å². The van der Waals surface area contributed by atoms with E-state index in [4.69, 9.17) is 23.2 Å². The van der Waals surface area contributed by atoms with E-state index in [0.717, 1.165) is 9.13 Å². The quantitative estimate of drug-likeness (QED) is 0.699. The zero-order valence-corrected chi connectivity index (χ0v) is 14.8. The zero-order valence-electron chi connectivity index (χ0n) is 11.2. The van der Waals surface area contributed by atoms with Crippen molar-refractivity contribution in [1.29, 1.82) is 0 Å². The Hall–Kier alpha value is -0.260. The van der Waals surface area contributed by atoms with Gasteiger partial charge in [-0.3, -0.25) is 4.79 Å². The molecule has 108 valence electrons. The number of hydrogen-bond donors (Lipinski definition) is 1. The Kier molecular flexibility index (Phi) is 4.43. The van der Waals surface area contributed by atoms with Crippen LogP contribution in [0.15, 0.2) is 34.8 Å². The number of benzene rings is 1. The second kappa shape index (κ2) is 5.50. The second-order valence-corrected chi connectivity index (χ2v) is 7.99. The average Bonchev–Trinajstić information content (AvgIpc) is 2.76. The van der Waals surface area contributed by atoms with Gasteiger partial charge in [0.25, 0.3) is 0 Å². The number of hydrogen-bond acceptors (Lipinski definition) is 1. The van der Waals surface area contributed by atoms with Crippen LogP contribution in [0.2, 0.25) is 0 Å². The van der Waals surface area contributed by atoms with E-state index < -0.39 is 11.4 Å². The summed E-state index contributed by atoms with van der Waals surface area (Å²) in [5, 5.41) is 9.74. The maximum atomic E-state index is 11.9. The van der Waals surface area contributed by atoms with Gasteiger partial charge in [0, 0.05) is 9.49 Å². The Morgan fingerprint density at radius 2 is 2.10 bits per heavy atom. The Bertz CT molecular complexity index is 579. The van der Waals surface area contributed by atoms with Crippen LogP contribution in [0.1, 0.15) is 19.4 Å². The Morgan fingerprint density at radius 1 is 1.45 bits per heavy atom. The monoisotopic (exact) mass is 424 g/mol. The summed E-state index contributed by atoms with van der Waals surface area (Å²) >= 11 is 13.7. The number of rotatable bonds is 4. The van der Waals surface area contributed by atoms with Gasteiger partial charge in [0.1, 0.15) is 4.49 Å². The minimum Gasteiger partial charge on any atom is -0.481 e. The summed E-state index contributed by atoms with van der Waals surface area (Å²) in [4.78, 5) is 11.9. The lowest BCUT2D eigenvalue weighted by atomic mass is 9.88. The molecule has 0 spiro atoms. The van der Waals surface area contributed by atoms with Crippen LogP contribution < -0.4 is 0 Å². The maximum absolute atomic E-state index is 11.9. The van der Waals surface area contributed by atoms with Crippen molar-refractivity contribution in [2.45, 2.75) is 20.3 Å². The molecule has 0 saturated heterocycles. The molecule has 0 amide bonds. The van der Waals surface area contributed by atoms with E-state index >= 15 is 0 Å². The third kappa shape index (κ3) is 2.60. The molecule has 20 heavy (non-hydrogen) atoms. The summed E-state index contributed by atoms with van der Waals surface area (Å²) in [6.07, 6.45) is 2.14. The van der Waals surface area contributed by atoms with Crippen LogP contribution in [0.5, 0.6) is 0 Å². The van der Waals surface area contributed by atoms with Gasteiger partial charge < -0.3 is 5.11 Å². The summed E-state index contributed by atoms with van der Waals surface area (Å²) in [5.74, 6) is -0.951. The summed E-state index contributed by atoms with van der Waals surface area (Å²) in [6.45, 7) is 3.90. The molecule has 5 heteroatoms. The van der Waals surface area contributed by atoms with Crippen molar-refractivity contribution in [2.75, 3.05) is 0 Å². The van der Waals surface area contributed by atoms with Crippen LogP contribution in [0.4, 0.5) is 0 Å². The summed E-state index contributed by atoms with van der Waals surface area (Å²) in [6, 6.07) is 7.91. The van der Waals surface area contributed by atoms with Crippen molar-refractivity contribution in [1.82, 2.24) is 0 Å². The van der Waals surface area contributed by atoms with Crippen molar-refractivity contribution in [3.8, 4) is 0 Å². The Morgan fingerprint density at radius 3 is 2.60 bits per heavy atom. The molecule has 2 rings (SSSR count). The van der Waals surface area contributed by atoms with E-state index in [1.54, 1.807) is 6.08 Å². The molecule has 1 aromatic rings. The van der Waals surface area contributed by atoms with Crippen LogP contribution in [-0.2, 0) is 11.2 Å². The minimum absolute atomic E-state index is 0.133. The molecule has 1 saturated carbocycles. The fraction of sp³-hybridized carbons (Fsp3) is 0.400. The molecule has 0 heterocycles. The van der Waals surface area contributed by atoms with E-state index in [0.29, 0.717) is 6.42 Å². The highest BCUT2D eigenvalue weighted by molar-refractivity contribution is 14.1. The molecule has 1 aromatic carbocycles. The first-order valence-corrected chi connectivity index (χ1v) is 8.06. The second-order valence-electron chi connectivity index (χ2n) is 5.74. The van der Waals surface area contributed by atoms with Crippen LogP contribution in [0.3, 0.4) is 0 Å². The van der Waals surface area contributed by atoms with Crippen molar-refractivity contribution in [2.24, 2.45) is 16.7 Å². The van der Waals surface area contributed by atoms with Gasteiger partial charge >= 0.3 is 5.97 Å². The highest BCUT2D eigenvalue weighted by atomic mass is 127. The van der Waals surface area contributed by atoms with Gasteiger partial charge in [0.05, 0.1) is 5.41 Å². The number of carboxylic acids is 1. The first-order valence-electron chi connectivity index (χ1n) is 6.22. The highest BCUT2D eigenvalue weighted by Crippen LogP contribution is 2.71. The molecule has 0 radical (unpaired) electrons. The predicted octanol–water partition coefficient (Wildman–Crippen LogP) is 4.88. The molecule has 2 atom stereocenters. The summed E-state index contributed by atoms with van der Waals surface area (Å²) in [5.41, 5.74) is -0.185. The third-order valence-corrected chi connectivity index (χ3v) is 5.34. The molecule has 1 aliphatic rings. The minimum atomic E-state index is -0.841. The SMILES string of the molecule is CC1(C)[C@H](C=C(Cl)Cl)[C@@]1(Cc1cccc(I)c1)C(=O)O. The first kappa shape index (κ1) is 16.1. The summed E-state index contributed by atoms with van der Waals surface area (Å²) in [7, 11) is 0. The summed E-state index contributed by atoms with van der Waals surface area (Å²) < 4.78 is 1.23. The number of carbonyl (C=O) groups is 1. The predicted molar refractivity (Wildman–Crippen MR) is 90.0 cm³/mol. The van der Waals surface area contributed by atoms with Crippen molar-refractivity contribution >= 4 is 51.8 Å². The van der Waals surface area contributed by atoms with Gasteiger partial charge in [-0.15, -0.1) is 0 Å². The fourth-order valence-electron chi connectivity index (χ4n) is 3.16. The lowest BCUT2D eigenvalue weighted by Crippen LogP contribution is -2.24. The molecule has 0 aliphatic heterocycles. The number of allylic oxidation sites excluding steroid dienone is 1. The molecular formula is C15H15Cl2IO2. The van der Waals surface area contributed by atoms with E-state index in [-0.39, 0.29) is 15.8 Å². The topological polar surface area (TPSA) is 37.3 Å². The molecule has 0 aromatic heterocycles. The molecule has 1 fully saturated rings. The van der Waals surface area contributed by atoms with Crippen LogP contribution in [0, 0.1) is 20.3 Å². The Balaban J connectivity index is 2.38. The number of aliphatic carboxylic acids is 1. The van der Waals surface area contributed by atoms with Crippen molar-refractivity contribution < 1.29 is 9.90 Å². The number of carboxylic acid groups (broad SMARTS) is 1. The van der Waals surface area contributed by atoms with Gasteiger partial charge in [0.2, 0.25) is 0 Å². The first-order chi connectivity index (χ1) is 9.21. The zero-order chi connectivity index (χ0) is 15.1. The number of halogens is 3. The third-order valence-electron chi connectivity index (χ3n) is 4.42. The normalized spacial score (nSPS) is 26.9. The average molecular weight is 425 g/mol. The van der Waals surface area contributed by atoms with Crippen LogP contribution in [-0.4, -0.2) is 11.1 Å². The van der Waals surface area contributed by atoms with E-state index in [1.165, 1.54) is 0 Å². The Labute approximate surface area is 142 Å². The smallest absolute Gasteiger partial charge is 0.311 e. The fourth-order valence-corrected chi connectivity index (χ4v) is 4.02.